The molecule has 0 unspecified atom stereocenters. The first-order valence-electron chi connectivity index (χ1n) is 7.13. The lowest BCUT2D eigenvalue weighted by molar-refractivity contribution is 0.309. The molecule has 0 aromatic heterocycles. The summed E-state index contributed by atoms with van der Waals surface area (Å²) >= 11 is 4.29. The molecular weight excluding hydrogens is 256 g/mol. The highest BCUT2D eigenvalue weighted by Gasteiger charge is 2.22. The number of fused-ring (bicyclic) bond motifs is 6. The van der Waals surface area contributed by atoms with Gasteiger partial charge >= 0.3 is 0 Å². The molecule has 2 heterocycles. The van der Waals surface area contributed by atoms with Gasteiger partial charge in [0.25, 0.3) is 0 Å². The molecule has 4 rings (SSSR count). The monoisotopic (exact) mass is 278 g/mol. The van der Waals surface area contributed by atoms with Crippen LogP contribution in [0.1, 0.15) is 36.8 Å². The Balaban J connectivity index is 1.69. The van der Waals surface area contributed by atoms with Crippen LogP contribution in [0.25, 0.3) is 0 Å². The zero-order chi connectivity index (χ0) is 12.2. The van der Waals surface area contributed by atoms with Gasteiger partial charge in [0, 0.05) is 11.5 Å². The molecule has 1 fully saturated rings. The van der Waals surface area contributed by atoms with Gasteiger partial charge in [-0.05, 0) is 53.7 Å². The van der Waals surface area contributed by atoms with Crippen LogP contribution >= 0.6 is 23.5 Å². The summed E-state index contributed by atoms with van der Waals surface area (Å²) in [5.41, 5.74) is 3.00. The predicted octanol–water partition coefficient (Wildman–Crippen LogP) is 4.97. The van der Waals surface area contributed by atoms with Crippen LogP contribution in [0.5, 0.6) is 0 Å². The van der Waals surface area contributed by atoms with Gasteiger partial charge in [-0.25, -0.2) is 0 Å². The zero-order valence-corrected chi connectivity index (χ0v) is 12.6. The highest BCUT2D eigenvalue weighted by Crippen LogP contribution is 2.34. The Kier molecular flexibility index (Phi) is 4.58. The summed E-state index contributed by atoms with van der Waals surface area (Å²) in [6, 6.07) is 9.31. The average molecular weight is 278 g/mol. The predicted molar refractivity (Wildman–Crippen MR) is 84.2 cm³/mol. The van der Waals surface area contributed by atoms with Gasteiger partial charge in [-0.15, -0.1) is 0 Å². The molecule has 1 aliphatic carbocycles. The highest BCUT2D eigenvalue weighted by molar-refractivity contribution is 7.98. The summed E-state index contributed by atoms with van der Waals surface area (Å²) < 4.78 is 0. The van der Waals surface area contributed by atoms with Gasteiger partial charge in [-0.2, -0.15) is 23.5 Å². The standard InChI is InChI=1S/C16H22S2/c1-2-15-8-16(3-1)12-18-10-14-6-4-13(5-7-14)9-17-11-15/h4-7,15-16H,1-3,8-12H2/t15-,16+. The molecule has 0 radical (unpaired) electrons. The molecule has 2 atom stereocenters. The van der Waals surface area contributed by atoms with E-state index in [4.69, 9.17) is 0 Å². The smallest absolute Gasteiger partial charge is 0.0184 e. The Morgan fingerprint density at radius 2 is 1.28 bits per heavy atom. The second-order valence-electron chi connectivity index (χ2n) is 5.75. The normalized spacial score (nSPS) is 29.1. The maximum absolute atomic E-state index is 2.33. The molecule has 98 valence electrons. The minimum atomic E-state index is 0.994. The minimum Gasteiger partial charge on any atom is -0.157 e. The van der Waals surface area contributed by atoms with Crippen LogP contribution in [0.4, 0.5) is 0 Å². The van der Waals surface area contributed by atoms with Crippen molar-refractivity contribution in [2.75, 3.05) is 11.5 Å². The molecule has 3 aliphatic rings. The van der Waals surface area contributed by atoms with Crippen molar-refractivity contribution in [1.29, 1.82) is 0 Å². The fourth-order valence-corrected chi connectivity index (χ4v) is 5.49. The lowest BCUT2D eigenvalue weighted by Gasteiger charge is -2.28. The van der Waals surface area contributed by atoms with Crippen molar-refractivity contribution in [3.8, 4) is 0 Å². The lowest BCUT2D eigenvalue weighted by atomic mass is 9.83. The van der Waals surface area contributed by atoms with Gasteiger partial charge < -0.3 is 0 Å². The van der Waals surface area contributed by atoms with Crippen molar-refractivity contribution in [2.24, 2.45) is 11.8 Å². The Labute approximate surface area is 119 Å². The topological polar surface area (TPSA) is 0 Å². The Morgan fingerprint density at radius 1 is 0.778 bits per heavy atom. The van der Waals surface area contributed by atoms with Gasteiger partial charge in [0.05, 0.1) is 0 Å². The molecule has 18 heavy (non-hydrogen) atoms. The number of hydrogen-bond donors (Lipinski definition) is 0. The van der Waals surface area contributed by atoms with Gasteiger partial charge in [0.2, 0.25) is 0 Å². The average Bonchev–Trinajstić information content (AvgIpc) is 2.42. The largest absolute Gasteiger partial charge is 0.157 e. The Morgan fingerprint density at radius 3 is 1.78 bits per heavy atom. The summed E-state index contributed by atoms with van der Waals surface area (Å²) in [7, 11) is 0. The van der Waals surface area contributed by atoms with E-state index in [2.05, 4.69) is 47.8 Å². The number of thioether (sulfide) groups is 2. The van der Waals surface area contributed by atoms with Crippen molar-refractivity contribution in [2.45, 2.75) is 37.2 Å². The highest BCUT2D eigenvalue weighted by atomic mass is 32.2. The minimum absolute atomic E-state index is 0.994. The van der Waals surface area contributed by atoms with Crippen LogP contribution in [-0.2, 0) is 11.5 Å². The fraction of sp³-hybridized carbons (Fsp3) is 0.625. The summed E-state index contributed by atoms with van der Waals surface area (Å²) in [5.74, 6) is 7.15. The zero-order valence-electron chi connectivity index (χ0n) is 10.9. The molecule has 1 aromatic carbocycles. The van der Waals surface area contributed by atoms with E-state index in [9.17, 15) is 0 Å². The maximum atomic E-state index is 2.33. The van der Waals surface area contributed by atoms with E-state index < -0.39 is 0 Å². The first-order valence-corrected chi connectivity index (χ1v) is 9.44. The summed E-state index contributed by atoms with van der Waals surface area (Å²) in [6.07, 6.45) is 5.92. The summed E-state index contributed by atoms with van der Waals surface area (Å²) in [6.45, 7) is 0. The third-order valence-electron chi connectivity index (χ3n) is 4.16. The van der Waals surface area contributed by atoms with Crippen LogP contribution in [-0.4, -0.2) is 11.5 Å². The van der Waals surface area contributed by atoms with Crippen LogP contribution in [0.2, 0.25) is 0 Å². The summed E-state index contributed by atoms with van der Waals surface area (Å²) in [5, 5.41) is 0. The van der Waals surface area contributed by atoms with E-state index in [1.54, 1.807) is 0 Å². The molecule has 4 bridgehead atoms. The summed E-state index contributed by atoms with van der Waals surface area (Å²) in [4.78, 5) is 0. The van der Waals surface area contributed by atoms with E-state index >= 15 is 0 Å². The molecule has 1 aromatic rings. The van der Waals surface area contributed by atoms with Crippen LogP contribution in [0.15, 0.2) is 24.3 Å². The van der Waals surface area contributed by atoms with Crippen molar-refractivity contribution < 1.29 is 0 Å². The maximum Gasteiger partial charge on any atom is 0.0184 e. The molecule has 0 spiro atoms. The number of hydrogen-bond acceptors (Lipinski definition) is 2. The van der Waals surface area contributed by atoms with Crippen LogP contribution in [0, 0.1) is 11.8 Å². The molecule has 0 N–H and O–H groups in total. The quantitative estimate of drug-likeness (QED) is 0.657. The van der Waals surface area contributed by atoms with E-state index in [-0.39, 0.29) is 0 Å². The number of benzene rings is 1. The van der Waals surface area contributed by atoms with Gasteiger partial charge in [0.1, 0.15) is 0 Å². The lowest BCUT2D eigenvalue weighted by Crippen LogP contribution is -2.19. The van der Waals surface area contributed by atoms with Crippen LogP contribution < -0.4 is 0 Å². The third-order valence-corrected chi connectivity index (χ3v) is 6.65. The molecule has 0 nitrogen and oxygen atoms in total. The Hall–Kier alpha value is -0.0800. The van der Waals surface area contributed by atoms with E-state index in [1.807, 2.05) is 0 Å². The molecular formula is C16H22S2. The number of rotatable bonds is 0. The van der Waals surface area contributed by atoms with Gasteiger partial charge in [-0.3, -0.25) is 0 Å². The van der Waals surface area contributed by atoms with E-state index in [1.165, 1.54) is 59.8 Å². The van der Waals surface area contributed by atoms with E-state index in [0.29, 0.717) is 0 Å². The van der Waals surface area contributed by atoms with Crippen molar-refractivity contribution >= 4 is 23.5 Å². The van der Waals surface area contributed by atoms with Crippen LogP contribution in [0.3, 0.4) is 0 Å². The fourth-order valence-electron chi connectivity index (χ4n) is 3.12. The Bertz CT molecular complexity index is 336. The van der Waals surface area contributed by atoms with E-state index in [0.717, 1.165) is 11.8 Å². The third kappa shape index (κ3) is 3.48. The van der Waals surface area contributed by atoms with Gasteiger partial charge in [0.15, 0.2) is 0 Å². The van der Waals surface area contributed by atoms with Gasteiger partial charge in [-0.1, -0.05) is 30.7 Å². The molecule has 1 saturated carbocycles. The first-order chi connectivity index (χ1) is 8.90. The molecule has 2 heteroatoms. The van der Waals surface area contributed by atoms with Crippen molar-refractivity contribution in [1.82, 2.24) is 0 Å². The van der Waals surface area contributed by atoms with Crippen molar-refractivity contribution in [3.05, 3.63) is 35.4 Å². The second-order valence-corrected chi connectivity index (χ2v) is 7.81. The second kappa shape index (κ2) is 6.38. The molecule has 0 amide bonds. The molecule has 0 saturated heterocycles. The van der Waals surface area contributed by atoms with Crippen molar-refractivity contribution in [3.63, 3.8) is 0 Å². The first kappa shape index (κ1) is 12.9. The molecule has 2 aliphatic heterocycles. The SMILES string of the molecule is c1cc2ccc1CSC[C@H]1CCC[C@@H](CSC2)C1.